The maximum Gasteiger partial charge on any atom is 0.192 e. The Labute approximate surface area is 149 Å². The van der Waals surface area contributed by atoms with Gasteiger partial charge in [0.1, 0.15) is 0 Å². The zero-order valence-corrected chi connectivity index (χ0v) is 14.9. The molecule has 24 heavy (non-hydrogen) atoms. The molecule has 0 spiro atoms. The van der Waals surface area contributed by atoms with E-state index < -0.39 is 0 Å². The molecule has 0 radical (unpaired) electrons. The number of allylic oxidation sites excluding steroid dienone is 1. The predicted octanol–water partition coefficient (Wildman–Crippen LogP) is 4.48. The highest BCUT2D eigenvalue weighted by atomic mass is 32.2. The van der Waals surface area contributed by atoms with Gasteiger partial charge in [0.25, 0.3) is 0 Å². The van der Waals surface area contributed by atoms with Crippen molar-refractivity contribution in [3.63, 3.8) is 0 Å². The minimum absolute atomic E-state index is 0.118. The van der Waals surface area contributed by atoms with Crippen molar-refractivity contribution in [3.8, 4) is 11.4 Å². The molecule has 0 amide bonds. The Bertz CT molecular complexity index is 852. The van der Waals surface area contributed by atoms with Gasteiger partial charge in [-0.1, -0.05) is 48.2 Å². The molecule has 4 nitrogen and oxygen atoms in total. The molecule has 0 N–H and O–H groups in total. The van der Waals surface area contributed by atoms with Crippen LogP contribution in [0.4, 0.5) is 0 Å². The summed E-state index contributed by atoms with van der Waals surface area (Å²) in [7, 11) is 0. The predicted molar refractivity (Wildman–Crippen MR) is 99.8 cm³/mol. The van der Waals surface area contributed by atoms with Crippen molar-refractivity contribution in [3.05, 3.63) is 64.9 Å². The van der Waals surface area contributed by atoms with Crippen molar-refractivity contribution in [2.45, 2.75) is 18.6 Å². The highest BCUT2D eigenvalue weighted by Crippen LogP contribution is 2.25. The first-order chi connectivity index (χ1) is 11.7. The average Bonchev–Trinajstić information content (AvgIpc) is 3.20. The minimum Gasteiger partial charge on any atom is -0.298 e. The van der Waals surface area contributed by atoms with Crippen LogP contribution in [-0.2, 0) is 6.54 Å². The van der Waals surface area contributed by atoms with E-state index in [1.165, 1.54) is 23.1 Å². The molecule has 1 aromatic carbocycles. The van der Waals surface area contributed by atoms with E-state index >= 15 is 0 Å². The van der Waals surface area contributed by atoms with Crippen LogP contribution in [0.5, 0.6) is 0 Å². The van der Waals surface area contributed by atoms with Gasteiger partial charge in [-0.15, -0.1) is 28.1 Å². The molecule has 0 saturated carbocycles. The second-order valence-corrected chi connectivity index (χ2v) is 7.42. The van der Waals surface area contributed by atoms with Crippen LogP contribution in [0.25, 0.3) is 11.4 Å². The lowest BCUT2D eigenvalue weighted by Gasteiger charge is -2.07. The number of Topliss-reactive ketones (excluding diaryl/α,β-unsaturated/α-hetero) is 1. The highest BCUT2D eigenvalue weighted by molar-refractivity contribution is 7.99. The van der Waals surface area contributed by atoms with Gasteiger partial charge >= 0.3 is 0 Å². The molecule has 0 aliphatic carbocycles. The van der Waals surface area contributed by atoms with Crippen LogP contribution in [0.15, 0.2) is 60.3 Å². The van der Waals surface area contributed by atoms with Crippen molar-refractivity contribution in [1.29, 1.82) is 0 Å². The zero-order valence-electron chi connectivity index (χ0n) is 13.3. The normalized spacial score (nSPS) is 10.7. The molecule has 6 heteroatoms. The summed E-state index contributed by atoms with van der Waals surface area (Å²) in [4.78, 5) is 14.2. The number of aryl methyl sites for hydroxylation is 1. The summed E-state index contributed by atoms with van der Waals surface area (Å²) in [6, 6.07) is 13.8. The van der Waals surface area contributed by atoms with Gasteiger partial charge in [-0.25, -0.2) is 0 Å². The highest BCUT2D eigenvalue weighted by Gasteiger charge is 2.16. The molecule has 122 valence electrons. The van der Waals surface area contributed by atoms with Crippen LogP contribution >= 0.6 is 23.1 Å². The first-order valence-corrected chi connectivity index (χ1v) is 9.31. The number of benzene rings is 1. The number of aromatic nitrogens is 3. The van der Waals surface area contributed by atoms with Crippen LogP contribution < -0.4 is 0 Å². The van der Waals surface area contributed by atoms with Gasteiger partial charge in [0.15, 0.2) is 16.8 Å². The Hall–Kier alpha value is -2.18. The summed E-state index contributed by atoms with van der Waals surface area (Å²) >= 11 is 2.94. The third kappa shape index (κ3) is 3.66. The van der Waals surface area contributed by atoms with Crippen LogP contribution in [0.1, 0.15) is 14.5 Å². The van der Waals surface area contributed by atoms with Gasteiger partial charge in [-0.2, -0.15) is 0 Å². The molecule has 0 unspecified atom stereocenters. The Kier molecular flexibility index (Phi) is 5.27. The van der Waals surface area contributed by atoms with Gasteiger partial charge in [-0.3, -0.25) is 9.36 Å². The number of ketones is 1. The smallest absolute Gasteiger partial charge is 0.192 e. The lowest BCUT2D eigenvalue weighted by atomic mass is 10.2. The fourth-order valence-corrected chi connectivity index (χ4v) is 4.00. The fraction of sp³-hybridized carbons (Fsp3) is 0.167. The maximum absolute atomic E-state index is 12.3. The summed E-state index contributed by atoms with van der Waals surface area (Å²) in [5.74, 6) is 1.26. The van der Waals surface area contributed by atoms with E-state index in [1.807, 2.05) is 60.0 Å². The van der Waals surface area contributed by atoms with Crippen molar-refractivity contribution in [2.24, 2.45) is 0 Å². The lowest BCUT2D eigenvalue weighted by Crippen LogP contribution is -2.04. The van der Waals surface area contributed by atoms with E-state index in [4.69, 9.17) is 0 Å². The number of hydrogen-bond donors (Lipinski definition) is 0. The first kappa shape index (κ1) is 16.7. The molecular weight excluding hydrogens is 338 g/mol. The van der Waals surface area contributed by atoms with Gasteiger partial charge in [-0.05, 0) is 19.1 Å². The Balaban J connectivity index is 1.79. The summed E-state index contributed by atoms with van der Waals surface area (Å²) in [5.41, 5.74) is 0.999. The van der Waals surface area contributed by atoms with E-state index in [0.717, 1.165) is 26.3 Å². The van der Waals surface area contributed by atoms with Gasteiger partial charge < -0.3 is 0 Å². The topological polar surface area (TPSA) is 47.8 Å². The number of thiophene rings is 1. The molecule has 3 aromatic rings. The summed E-state index contributed by atoms with van der Waals surface area (Å²) in [6.45, 7) is 6.41. The number of hydrogen-bond acceptors (Lipinski definition) is 5. The number of thioether (sulfide) groups is 1. The molecule has 0 fully saturated rings. The van der Waals surface area contributed by atoms with Gasteiger partial charge in [0, 0.05) is 17.0 Å². The van der Waals surface area contributed by atoms with Crippen LogP contribution in [-0.4, -0.2) is 26.3 Å². The van der Waals surface area contributed by atoms with Crippen molar-refractivity contribution in [2.75, 3.05) is 5.75 Å². The third-order valence-electron chi connectivity index (χ3n) is 3.41. The fourth-order valence-electron chi connectivity index (χ4n) is 2.28. The third-order valence-corrected chi connectivity index (χ3v) is 5.42. The van der Waals surface area contributed by atoms with E-state index in [-0.39, 0.29) is 5.78 Å². The van der Waals surface area contributed by atoms with Crippen LogP contribution in [0, 0.1) is 6.92 Å². The summed E-state index contributed by atoms with van der Waals surface area (Å²) in [5, 5.41) is 9.29. The molecule has 0 saturated heterocycles. The molecule has 2 aromatic heterocycles. The first-order valence-electron chi connectivity index (χ1n) is 7.51. The molecule has 0 atom stereocenters. The molecule has 0 aliphatic heterocycles. The standard InChI is InChI=1S/C18H17N3OS2/c1-3-11-21-17(14-7-5-4-6-8-14)19-20-18(21)23-12-15(22)16-10-9-13(2)24-16/h3-10H,1,11-12H2,2H3. The van der Waals surface area contributed by atoms with Crippen molar-refractivity contribution >= 4 is 28.9 Å². The SMILES string of the molecule is C=CCn1c(SCC(=O)c2ccc(C)s2)nnc1-c1ccccc1. The Morgan fingerprint density at radius 1 is 1.25 bits per heavy atom. The van der Waals surface area contributed by atoms with E-state index in [1.54, 1.807) is 0 Å². The minimum atomic E-state index is 0.118. The Morgan fingerprint density at radius 2 is 2.04 bits per heavy atom. The zero-order chi connectivity index (χ0) is 16.9. The van der Waals surface area contributed by atoms with Gasteiger partial charge in [0.2, 0.25) is 0 Å². The molecule has 0 aliphatic rings. The average molecular weight is 355 g/mol. The van der Waals surface area contributed by atoms with E-state index in [2.05, 4.69) is 16.8 Å². The van der Waals surface area contributed by atoms with E-state index in [9.17, 15) is 4.79 Å². The molecule has 3 rings (SSSR count). The molecule has 0 bridgehead atoms. The van der Waals surface area contributed by atoms with Gasteiger partial charge in [0.05, 0.1) is 10.6 Å². The number of nitrogens with zero attached hydrogens (tertiary/aromatic N) is 3. The second kappa shape index (κ2) is 7.59. The largest absolute Gasteiger partial charge is 0.298 e. The summed E-state index contributed by atoms with van der Waals surface area (Å²) < 4.78 is 1.99. The van der Waals surface area contributed by atoms with Crippen molar-refractivity contribution < 1.29 is 4.79 Å². The Morgan fingerprint density at radius 3 is 2.71 bits per heavy atom. The van der Waals surface area contributed by atoms with Crippen LogP contribution in [0.3, 0.4) is 0 Å². The molecular formula is C18H17N3OS2. The number of rotatable bonds is 7. The maximum atomic E-state index is 12.3. The number of carbonyl (C=O) groups excluding carboxylic acids is 1. The van der Waals surface area contributed by atoms with Crippen molar-refractivity contribution in [1.82, 2.24) is 14.8 Å². The number of carbonyl (C=O) groups is 1. The van der Waals surface area contributed by atoms with E-state index in [0.29, 0.717) is 12.3 Å². The molecule has 2 heterocycles. The van der Waals surface area contributed by atoms with Crippen LogP contribution in [0.2, 0.25) is 0 Å². The lowest BCUT2D eigenvalue weighted by molar-refractivity contribution is 0.102. The second-order valence-electron chi connectivity index (χ2n) is 5.19. The quantitative estimate of drug-likeness (QED) is 0.356. The monoisotopic (exact) mass is 355 g/mol. The summed E-state index contributed by atoms with van der Waals surface area (Å²) in [6.07, 6.45) is 1.81.